The molecule has 8 nitrogen and oxygen atoms in total. The summed E-state index contributed by atoms with van der Waals surface area (Å²) < 4.78 is 39.6. The van der Waals surface area contributed by atoms with Gasteiger partial charge in [0.2, 0.25) is 5.91 Å². The van der Waals surface area contributed by atoms with E-state index in [4.69, 9.17) is 15.2 Å². The number of cyclic esters (lactones) is 1. The molecule has 166 valence electrons. The Morgan fingerprint density at radius 2 is 2.13 bits per heavy atom. The second-order valence-electron chi connectivity index (χ2n) is 8.60. The monoisotopic (exact) mass is 434 g/mol. The molecule has 3 heterocycles. The lowest BCUT2D eigenvalue weighted by Gasteiger charge is -2.25. The lowest BCUT2D eigenvalue weighted by atomic mass is 9.99. The summed E-state index contributed by atoms with van der Waals surface area (Å²) in [6.07, 6.45) is -1.57. The minimum atomic E-state index is -2.75. The number of aromatic nitrogens is 2. The van der Waals surface area contributed by atoms with Gasteiger partial charge in [0.1, 0.15) is 29.8 Å². The van der Waals surface area contributed by atoms with E-state index in [1.165, 1.54) is 0 Å². The first-order chi connectivity index (χ1) is 14.6. The number of anilines is 1. The van der Waals surface area contributed by atoms with Crippen molar-refractivity contribution in [3.8, 4) is 17.1 Å². The molecule has 2 N–H and O–H groups in total. The van der Waals surface area contributed by atoms with Crippen molar-refractivity contribution in [3.63, 3.8) is 0 Å². The quantitative estimate of drug-likeness (QED) is 0.780. The summed E-state index contributed by atoms with van der Waals surface area (Å²) in [5.41, 5.74) is 6.28. The lowest BCUT2D eigenvalue weighted by Crippen LogP contribution is -2.39. The number of primary amides is 1. The molecule has 0 aliphatic carbocycles. The number of carbonyl (C=O) groups is 2. The fourth-order valence-corrected chi connectivity index (χ4v) is 3.90. The van der Waals surface area contributed by atoms with E-state index in [9.17, 15) is 18.4 Å². The van der Waals surface area contributed by atoms with Gasteiger partial charge < -0.3 is 19.8 Å². The molecule has 1 aromatic carbocycles. The second-order valence-corrected chi connectivity index (χ2v) is 8.60. The Bertz CT molecular complexity index is 1040. The van der Waals surface area contributed by atoms with Crippen molar-refractivity contribution in [3.05, 3.63) is 30.0 Å². The molecule has 0 bridgehead atoms. The van der Waals surface area contributed by atoms with Crippen LogP contribution in [-0.2, 0) is 22.5 Å². The van der Waals surface area contributed by atoms with E-state index in [1.807, 2.05) is 32.0 Å². The van der Waals surface area contributed by atoms with Gasteiger partial charge in [0.15, 0.2) is 5.82 Å². The van der Waals surface area contributed by atoms with E-state index in [0.717, 1.165) is 10.5 Å². The predicted molar refractivity (Wildman–Crippen MR) is 108 cm³/mol. The highest BCUT2D eigenvalue weighted by molar-refractivity contribution is 5.89. The van der Waals surface area contributed by atoms with Gasteiger partial charge >= 0.3 is 6.09 Å². The van der Waals surface area contributed by atoms with Crippen LogP contribution in [0, 0.1) is 5.92 Å². The third-order valence-corrected chi connectivity index (χ3v) is 5.46. The van der Waals surface area contributed by atoms with Crippen LogP contribution in [0.3, 0.4) is 0 Å². The number of halogens is 2. The SMILES string of the molecule is C[C@H](Cc1ccc2c(c1)OC(C)(C)Cn1cc(N3C(=O)OC[C@H]3C(F)F)nc1-2)C(N)=O. The summed E-state index contributed by atoms with van der Waals surface area (Å²) in [6, 6.07) is 4.13. The van der Waals surface area contributed by atoms with Crippen molar-refractivity contribution < 1.29 is 27.8 Å². The maximum absolute atomic E-state index is 13.4. The highest BCUT2D eigenvalue weighted by Crippen LogP contribution is 2.39. The Morgan fingerprint density at radius 3 is 2.81 bits per heavy atom. The molecule has 1 fully saturated rings. The van der Waals surface area contributed by atoms with Crippen LogP contribution >= 0.6 is 0 Å². The number of amides is 2. The molecule has 2 aromatic rings. The minimum absolute atomic E-state index is 0.109. The Kier molecular flexibility index (Phi) is 5.10. The van der Waals surface area contributed by atoms with E-state index >= 15 is 0 Å². The molecule has 2 amide bonds. The van der Waals surface area contributed by atoms with Gasteiger partial charge in [-0.1, -0.05) is 13.0 Å². The summed E-state index contributed by atoms with van der Waals surface area (Å²) in [6.45, 7) is 5.56. The number of ether oxygens (including phenoxy) is 2. The third-order valence-electron chi connectivity index (χ3n) is 5.46. The number of hydrogen-bond donors (Lipinski definition) is 1. The molecule has 4 rings (SSSR count). The summed E-state index contributed by atoms with van der Waals surface area (Å²) in [7, 11) is 0. The molecule has 1 aromatic heterocycles. The van der Waals surface area contributed by atoms with Crippen LogP contribution in [0.15, 0.2) is 24.4 Å². The molecule has 0 spiro atoms. The zero-order valence-electron chi connectivity index (χ0n) is 17.5. The van der Waals surface area contributed by atoms with Crippen LogP contribution in [0.25, 0.3) is 11.4 Å². The Hall–Kier alpha value is -3.17. The number of carbonyl (C=O) groups excluding carboxylic acids is 2. The average Bonchev–Trinajstić information content (AvgIpc) is 3.21. The summed E-state index contributed by atoms with van der Waals surface area (Å²) in [5, 5.41) is 0. The standard InChI is InChI=1S/C21H24F2N4O4/c1-11(18(24)28)6-12-4-5-13-15(7-12)31-21(2,3)10-26-8-16(25-19(13)26)27-14(17(22)23)9-30-20(27)29/h4-5,7-8,11,14,17H,6,9-10H2,1-3H3,(H2,24,28)/t11-,14+/m1/s1. The summed E-state index contributed by atoms with van der Waals surface area (Å²) in [5.74, 6) is 0.445. The molecule has 0 unspecified atom stereocenters. The molecule has 0 radical (unpaired) electrons. The van der Waals surface area contributed by atoms with Crippen LogP contribution in [0.2, 0.25) is 0 Å². The fraction of sp³-hybridized carbons (Fsp3) is 0.476. The molecule has 0 saturated carbocycles. The number of fused-ring (bicyclic) bond motifs is 3. The van der Waals surface area contributed by atoms with Crippen molar-refractivity contribution in [1.29, 1.82) is 0 Å². The topological polar surface area (TPSA) is 99.7 Å². The van der Waals surface area contributed by atoms with Crippen LogP contribution in [0.1, 0.15) is 26.3 Å². The van der Waals surface area contributed by atoms with Gasteiger partial charge in [-0.3, -0.25) is 4.79 Å². The van der Waals surface area contributed by atoms with Gasteiger partial charge in [-0.15, -0.1) is 0 Å². The molecule has 31 heavy (non-hydrogen) atoms. The molecule has 2 aliphatic rings. The lowest BCUT2D eigenvalue weighted by molar-refractivity contribution is -0.121. The first kappa shape index (κ1) is 21.1. The number of rotatable bonds is 5. The van der Waals surface area contributed by atoms with Crippen molar-refractivity contribution in [1.82, 2.24) is 9.55 Å². The molecular formula is C21H24F2N4O4. The van der Waals surface area contributed by atoms with Gasteiger partial charge in [0.25, 0.3) is 6.43 Å². The summed E-state index contributed by atoms with van der Waals surface area (Å²) in [4.78, 5) is 28.9. The number of benzene rings is 1. The Morgan fingerprint density at radius 1 is 1.39 bits per heavy atom. The fourth-order valence-electron chi connectivity index (χ4n) is 3.90. The normalized spacial score (nSPS) is 20.5. The average molecular weight is 434 g/mol. The van der Waals surface area contributed by atoms with Gasteiger partial charge in [-0.2, -0.15) is 0 Å². The van der Waals surface area contributed by atoms with E-state index < -0.39 is 24.2 Å². The Balaban J connectivity index is 1.76. The molecule has 2 aliphatic heterocycles. The molecule has 2 atom stereocenters. The van der Waals surface area contributed by atoms with Crippen LogP contribution in [0.4, 0.5) is 19.4 Å². The predicted octanol–water partition coefficient (Wildman–Crippen LogP) is 2.98. The third kappa shape index (κ3) is 3.94. The smallest absolute Gasteiger partial charge is 0.416 e. The van der Waals surface area contributed by atoms with E-state index in [2.05, 4.69) is 4.98 Å². The van der Waals surface area contributed by atoms with Crippen molar-refractivity contribution in [2.24, 2.45) is 11.7 Å². The van der Waals surface area contributed by atoms with Crippen molar-refractivity contribution in [2.45, 2.75) is 51.8 Å². The largest absolute Gasteiger partial charge is 0.485 e. The van der Waals surface area contributed by atoms with Crippen molar-refractivity contribution in [2.75, 3.05) is 11.5 Å². The number of hydrogen-bond acceptors (Lipinski definition) is 5. The number of imidazole rings is 1. The van der Waals surface area contributed by atoms with Gasteiger partial charge in [-0.25, -0.2) is 23.5 Å². The van der Waals surface area contributed by atoms with E-state index in [1.54, 1.807) is 17.7 Å². The Labute approximate surface area is 177 Å². The first-order valence-electron chi connectivity index (χ1n) is 9.98. The zero-order chi connectivity index (χ0) is 22.5. The second kappa shape index (κ2) is 7.51. The number of nitrogens with zero attached hydrogens (tertiary/aromatic N) is 3. The maximum Gasteiger partial charge on any atom is 0.416 e. The molecule has 1 saturated heterocycles. The van der Waals surface area contributed by atoms with Crippen LogP contribution in [-0.4, -0.2) is 46.2 Å². The highest BCUT2D eigenvalue weighted by atomic mass is 19.3. The van der Waals surface area contributed by atoms with Crippen LogP contribution in [0.5, 0.6) is 5.75 Å². The van der Waals surface area contributed by atoms with Crippen LogP contribution < -0.4 is 15.4 Å². The maximum atomic E-state index is 13.4. The molecule has 10 heteroatoms. The van der Waals surface area contributed by atoms with Gasteiger partial charge in [-0.05, 0) is 38.0 Å². The van der Waals surface area contributed by atoms with E-state index in [-0.39, 0.29) is 24.2 Å². The van der Waals surface area contributed by atoms with Crippen molar-refractivity contribution >= 4 is 17.8 Å². The zero-order valence-corrected chi connectivity index (χ0v) is 17.5. The highest BCUT2D eigenvalue weighted by Gasteiger charge is 2.42. The van der Waals surface area contributed by atoms with Gasteiger partial charge in [0, 0.05) is 12.1 Å². The van der Waals surface area contributed by atoms with E-state index in [0.29, 0.717) is 30.1 Å². The number of alkyl halides is 2. The van der Waals surface area contributed by atoms with Gasteiger partial charge in [0.05, 0.1) is 12.1 Å². The first-order valence-corrected chi connectivity index (χ1v) is 9.98. The minimum Gasteiger partial charge on any atom is -0.485 e. The summed E-state index contributed by atoms with van der Waals surface area (Å²) >= 11 is 0. The number of nitrogens with two attached hydrogens (primary N) is 1. The molecular weight excluding hydrogens is 410 g/mol.